The van der Waals surface area contributed by atoms with Crippen LogP contribution in [0.25, 0.3) is 0 Å². The van der Waals surface area contributed by atoms with Gasteiger partial charge >= 0.3 is 0 Å². The van der Waals surface area contributed by atoms with Crippen LogP contribution in [0.4, 0.5) is 5.82 Å². The van der Waals surface area contributed by atoms with Crippen LogP contribution in [0.5, 0.6) is 0 Å². The number of carbonyl (C=O) groups is 2. The molecule has 30 heavy (non-hydrogen) atoms. The molecule has 0 saturated heterocycles. The summed E-state index contributed by atoms with van der Waals surface area (Å²) in [5.41, 5.74) is 1.81. The molecule has 152 valence electrons. The first-order valence-electron chi connectivity index (χ1n) is 8.67. The van der Waals surface area contributed by atoms with Crippen LogP contribution in [0.3, 0.4) is 0 Å². The largest absolute Gasteiger partial charge is 0.391 e. The lowest BCUT2D eigenvalue weighted by Crippen LogP contribution is -2.17. The normalized spacial score (nSPS) is 10.4. The molecule has 4 N–H and O–H groups in total. The zero-order valence-electron chi connectivity index (χ0n) is 15.5. The number of rotatable bonds is 6. The average Bonchev–Trinajstić information content (AvgIpc) is 2.76. The van der Waals surface area contributed by atoms with Gasteiger partial charge in [0.1, 0.15) is 5.82 Å². The number of nitrogens with zero attached hydrogens (tertiary/aromatic N) is 1. The Bertz CT molecular complexity index is 1100. The van der Waals surface area contributed by atoms with Crippen molar-refractivity contribution in [2.75, 3.05) is 5.32 Å². The van der Waals surface area contributed by atoms with E-state index < -0.39 is 5.91 Å². The topological polar surface area (TPSA) is 118 Å². The Balaban J connectivity index is 1.80. The number of hydrogen-bond acceptors (Lipinski definition) is 6. The van der Waals surface area contributed by atoms with Gasteiger partial charge in [0, 0.05) is 33.8 Å². The highest BCUT2D eigenvalue weighted by atomic mass is 79.9. The van der Waals surface area contributed by atoms with E-state index in [9.17, 15) is 9.59 Å². The molecule has 9 heteroatoms. The van der Waals surface area contributed by atoms with Crippen molar-refractivity contribution in [3.63, 3.8) is 0 Å². The van der Waals surface area contributed by atoms with Gasteiger partial charge in [-0.3, -0.25) is 15.0 Å². The fourth-order valence-electron chi connectivity index (χ4n) is 2.70. The molecule has 0 atom stereocenters. The van der Waals surface area contributed by atoms with Crippen LogP contribution in [0, 0.1) is 5.41 Å². The van der Waals surface area contributed by atoms with Gasteiger partial charge in [0.15, 0.2) is 5.78 Å². The molecule has 3 aromatic rings. The van der Waals surface area contributed by atoms with Gasteiger partial charge in [-0.15, -0.1) is 0 Å². The zero-order valence-corrected chi connectivity index (χ0v) is 17.8. The Hall–Kier alpha value is -3.07. The minimum Gasteiger partial charge on any atom is -0.391 e. The van der Waals surface area contributed by atoms with Gasteiger partial charge in [-0.2, -0.15) is 5.90 Å². The standard InChI is InChI=1S/C21H16BrClN4O3/c22-15-6-5-14(9-18(28)12-1-3-13(4-2-12)20(24)30-25)17(10-15)21(29)27-19-8-7-16(23)11-26-19/h1-8,10-11,24H,9,25H2,(H,26,27,29). The minimum atomic E-state index is -0.391. The summed E-state index contributed by atoms with van der Waals surface area (Å²) in [6, 6.07) is 14.7. The molecule has 0 radical (unpaired) electrons. The summed E-state index contributed by atoms with van der Waals surface area (Å²) < 4.78 is 0.706. The summed E-state index contributed by atoms with van der Waals surface area (Å²) in [7, 11) is 0. The monoisotopic (exact) mass is 486 g/mol. The Morgan fingerprint density at radius 2 is 1.80 bits per heavy atom. The molecule has 0 aliphatic heterocycles. The SMILES string of the molecule is N=C(ON)c1ccc(C(=O)Cc2ccc(Br)cc2C(=O)Nc2ccc(Cl)cn2)cc1. The highest BCUT2D eigenvalue weighted by Gasteiger charge is 2.17. The first-order chi connectivity index (χ1) is 14.4. The van der Waals surface area contributed by atoms with E-state index in [2.05, 4.69) is 31.1 Å². The van der Waals surface area contributed by atoms with Crippen LogP contribution in [0.15, 0.2) is 65.3 Å². The van der Waals surface area contributed by atoms with Crippen molar-refractivity contribution in [3.05, 3.63) is 92.5 Å². The summed E-state index contributed by atoms with van der Waals surface area (Å²) in [5.74, 6) is 4.56. The molecule has 0 aliphatic rings. The number of ketones is 1. The van der Waals surface area contributed by atoms with E-state index in [0.29, 0.717) is 37.6 Å². The fraction of sp³-hybridized carbons (Fsp3) is 0.0476. The quantitative estimate of drug-likeness (QED) is 0.206. The van der Waals surface area contributed by atoms with Crippen LogP contribution in [-0.4, -0.2) is 22.6 Å². The first kappa shape index (κ1) is 21.6. The summed E-state index contributed by atoms with van der Waals surface area (Å²) in [6.45, 7) is 0. The highest BCUT2D eigenvalue weighted by molar-refractivity contribution is 9.10. The van der Waals surface area contributed by atoms with Crippen LogP contribution in [0.2, 0.25) is 5.02 Å². The van der Waals surface area contributed by atoms with E-state index in [1.54, 1.807) is 54.6 Å². The number of pyridine rings is 1. The Morgan fingerprint density at radius 3 is 2.43 bits per heavy atom. The lowest BCUT2D eigenvalue weighted by Gasteiger charge is -2.11. The fourth-order valence-corrected chi connectivity index (χ4v) is 3.17. The molecule has 0 bridgehead atoms. The number of Topliss-reactive ketones (excluding diaryl/α,β-unsaturated/α-hetero) is 1. The molecule has 0 spiro atoms. The maximum atomic E-state index is 12.8. The molecule has 0 saturated carbocycles. The number of nitrogens with two attached hydrogens (primary N) is 1. The number of aromatic nitrogens is 1. The number of carbonyl (C=O) groups excluding carboxylic acids is 2. The number of hydrogen-bond donors (Lipinski definition) is 3. The maximum Gasteiger partial charge on any atom is 0.257 e. The molecule has 2 aromatic carbocycles. The summed E-state index contributed by atoms with van der Waals surface area (Å²) in [4.78, 5) is 34.0. The molecule has 0 aliphatic carbocycles. The second-order valence-corrected chi connectivity index (χ2v) is 7.59. The summed E-state index contributed by atoms with van der Waals surface area (Å²) in [6.07, 6.45) is 1.45. The Kier molecular flexibility index (Phi) is 6.94. The Labute approximate surface area is 185 Å². The predicted molar refractivity (Wildman–Crippen MR) is 118 cm³/mol. The first-order valence-corrected chi connectivity index (χ1v) is 9.84. The van der Waals surface area contributed by atoms with E-state index in [0.717, 1.165) is 0 Å². The number of benzene rings is 2. The van der Waals surface area contributed by atoms with Crippen molar-refractivity contribution in [2.45, 2.75) is 6.42 Å². The van der Waals surface area contributed by atoms with Crippen LogP contribution < -0.4 is 11.2 Å². The lowest BCUT2D eigenvalue weighted by atomic mass is 9.97. The predicted octanol–water partition coefficient (Wildman–Crippen LogP) is 4.39. The molecular formula is C21H16BrClN4O3. The number of nitrogens with one attached hydrogen (secondary N) is 2. The van der Waals surface area contributed by atoms with Crippen LogP contribution in [-0.2, 0) is 11.3 Å². The second-order valence-electron chi connectivity index (χ2n) is 6.24. The van der Waals surface area contributed by atoms with Gasteiger partial charge in [-0.1, -0.05) is 45.7 Å². The van der Waals surface area contributed by atoms with E-state index in [1.807, 2.05) is 0 Å². The highest BCUT2D eigenvalue weighted by Crippen LogP contribution is 2.21. The van der Waals surface area contributed by atoms with E-state index in [4.69, 9.17) is 22.9 Å². The molecule has 1 aromatic heterocycles. The molecule has 7 nitrogen and oxygen atoms in total. The zero-order chi connectivity index (χ0) is 21.7. The summed E-state index contributed by atoms with van der Waals surface area (Å²) in [5, 5.41) is 10.7. The Morgan fingerprint density at radius 1 is 1.10 bits per heavy atom. The van der Waals surface area contributed by atoms with Crippen molar-refractivity contribution in [3.8, 4) is 0 Å². The van der Waals surface area contributed by atoms with Crippen molar-refractivity contribution in [1.82, 2.24) is 4.98 Å². The van der Waals surface area contributed by atoms with E-state index in [1.165, 1.54) is 6.20 Å². The van der Waals surface area contributed by atoms with Crippen molar-refractivity contribution < 1.29 is 14.4 Å². The second kappa shape index (κ2) is 9.62. The number of halogens is 2. The van der Waals surface area contributed by atoms with E-state index in [-0.39, 0.29) is 18.1 Å². The molecular weight excluding hydrogens is 472 g/mol. The van der Waals surface area contributed by atoms with Gasteiger partial charge in [-0.25, -0.2) is 4.98 Å². The maximum absolute atomic E-state index is 12.8. The lowest BCUT2D eigenvalue weighted by molar-refractivity contribution is 0.0992. The van der Waals surface area contributed by atoms with Crippen LogP contribution in [0.1, 0.15) is 31.8 Å². The third-order valence-corrected chi connectivity index (χ3v) is 4.94. The van der Waals surface area contributed by atoms with Gasteiger partial charge in [0.05, 0.1) is 5.02 Å². The molecule has 0 unspecified atom stereocenters. The van der Waals surface area contributed by atoms with Gasteiger partial charge in [0.2, 0.25) is 5.90 Å². The van der Waals surface area contributed by atoms with Crippen molar-refractivity contribution in [1.29, 1.82) is 5.41 Å². The van der Waals surface area contributed by atoms with Crippen LogP contribution >= 0.6 is 27.5 Å². The number of amides is 1. The molecule has 1 heterocycles. The van der Waals surface area contributed by atoms with Gasteiger partial charge in [0.25, 0.3) is 5.91 Å². The third kappa shape index (κ3) is 5.29. The molecule has 1 amide bonds. The van der Waals surface area contributed by atoms with Crippen molar-refractivity contribution in [2.24, 2.45) is 5.90 Å². The average molecular weight is 488 g/mol. The number of anilines is 1. The smallest absolute Gasteiger partial charge is 0.257 e. The van der Waals surface area contributed by atoms with E-state index >= 15 is 0 Å². The molecule has 3 rings (SSSR count). The molecule has 0 fully saturated rings. The van der Waals surface area contributed by atoms with Gasteiger partial charge in [-0.05, 0) is 42.0 Å². The minimum absolute atomic E-state index is 0.0221. The van der Waals surface area contributed by atoms with Crippen molar-refractivity contribution >= 4 is 50.9 Å². The third-order valence-electron chi connectivity index (χ3n) is 4.22. The summed E-state index contributed by atoms with van der Waals surface area (Å²) >= 11 is 9.18. The van der Waals surface area contributed by atoms with Gasteiger partial charge < -0.3 is 10.2 Å².